The molecule has 0 bridgehead atoms. The van der Waals surface area contributed by atoms with Crippen LogP contribution in [0.3, 0.4) is 0 Å². The predicted octanol–water partition coefficient (Wildman–Crippen LogP) is 2.53. The molecule has 1 aromatic carbocycles. The lowest BCUT2D eigenvalue weighted by Crippen LogP contribution is -2.38. The lowest BCUT2D eigenvalue weighted by atomic mass is 10.3. The summed E-state index contributed by atoms with van der Waals surface area (Å²) in [5, 5.41) is 6.66. The average Bonchev–Trinajstić information content (AvgIpc) is 3.12. The van der Waals surface area contributed by atoms with E-state index in [4.69, 9.17) is 9.47 Å². The third-order valence-electron chi connectivity index (χ3n) is 3.56. The van der Waals surface area contributed by atoms with Gasteiger partial charge in [0.15, 0.2) is 5.96 Å². The molecule has 1 aromatic rings. The SMILES string of the molecule is CCNC(=NCCCOC1CCOC1)NCCSc1ccccc1. The molecular weight excluding hydrogens is 322 g/mol. The van der Waals surface area contributed by atoms with Crippen molar-refractivity contribution < 1.29 is 9.47 Å². The number of nitrogens with one attached hydrogen (secondary N) is 2. The number of hydrogen-bond donors (Lipinski definition) is 2. The molecule has 1 atom stereocenters. The molecule has 1 unspecified atom stereocenters. The molecule has 0 aromatic heterocycles. The van der Waals surface area contributed by atoms with E-state index in [1.165, 1.54) is 4.90 Å². The molecule has 134 valence electrons. The molecule has 5 nitrogen and oxygen atoms in total. The van der Waals surface area contributed by atoms with Crippen LogP contribution < -0.4 is 10.6 Å². The maximum atomic E-state index is 5.75. The van der Waals surface area contributed by atoms with Crippen molar-refractivity contribution in [3.8, 4) is 0 Å². The van der Waals surface area contributed by atoms with E-state index < -0.39 is 0 Å². The summed E-state index contributed by atoms with van der Waals surface area (Å²) in [4.78, 5) is 5.90. The molecule has 6 heteroatoms. The summed E-state index contributed by atoms with van der Waals surface area (Å²) in [6.07, 6.45) is 2.24. The van der Waals surface area contributed by atoms with E-state index >= 15 is 0 Å². The van der Waals surface area contributed by atoms with E-state index in [9.17, 15) is 0 Å². The highest BCUT2D eigenvalue weighted by Gasteiger charge is 2.15. The number of ether oxygens (including phenoxy) is 2. The standard InChI is InChI=1S/C18H29N3O2S/c1-2-19-18(20-10-6-12-23-16-9-13-22-15-16)21-11-14-24-17-7-4-3-5-8-17/h3-5,7-8,16H,2,6,9-15H2,1H3,(H2,19,20,21). The van der Waals surface area contributed by atoms with Gasteiger partial charge in [-0.2, -0.15) is 0 Å². The van der Waals surface area contributed by atoms with Gasteiger partial charge in [0.1, 0.15) is 0 Å². The molecule has 1 heterocycles. The number of rotatable bonds is 10. The first kappa shape index (κ1) is 19.1. The zero-order valence-electron chi connectivity index (χ0n) is 14.5. The van der Waals surface area contributed by atoms with Crippen LogP contribution in [0.25, 0.3) is 0 Å². The van der Waals surface area contributed by atoms with Crippen LogP contribution in [0.1, 0.15) is 19.8 Å². The molecule has 2 N–H and O–H groups in total. The van der Waals surface area contributed by atoms with Gasteiger partial charge in [0.2, 0.25) is 0 Å². The fourth-order valence-corrected chi connectivity index (χ4v) is 3.14. The highest BCUT2D eigenvalue weighted by molar-refractivity contribution is 7.99. The van der Waals surface area contributed by atoms with Crippen molar-refractivity contribution in [1.82, 2.24) is 10.6 Å². The highest BCUT2D eigenvalue weighted by atomic mass is 32.2. The summed E-state index contributed by atoms with van der Waals surface area (Å²) in [5.41, 5.74) is 0. The molecule has 1 aliphatic rings. The summed E-state index contributed by atoms with van der Waals surface area (Å²) >= 11 is 1.85. The van der Waals surface area contributed by atoms with Crippen LogP contribution in [-0.4, -0.2) is 57.3 Å². The largest absolute Gasteiger partial charge is 0.379 e. The Bertz CT molecular complexity index is 465. The van der Waals surface area contributed by atoms with Crippen molar-refractivity contribution in [2.24, 2.45) is 4.99 Å². The van der Waals surface area contributed by atoms with Crippen molar-refractivity contribution >= 4 is 17.7 Å². The van der Waals surface area contributed by atoms with Gasteiger partial charge in [-0.15, -0.1) is 11.8 Å². The quantitative estimate of drug-likeness (QED) is 0.294. The summed E-state index contributed by atoms with van der Waals surface area (Å²) < 4.78 is 11.1. The molecule has 0 amide bonds. The van der Waals surface area contributed by atoms with Gasteiger partial charge in [0.25, 0.3) is 0 Å². The van der Waals surface area contributed by atoms with E-state index in [-0.39, 0.29) is 6.10 Å². The van der Waals surface area contributed by atoms with Crippen LogP contribution in [0.5, 0.6) is 0 Å². The number of thioether (sulfide) groups is 1. The number of guanidine groups is 1. The topological polar surface area (TPSA) is 54.9 Å². The Morgan fingerprint density at radius 2 is 2.21 bits per heavy atom. The van der Waals surface area contributed by atoms with Gasteiger partial charge >= 0.3 is 0 Å². The van der Waals surface area contributed by atoms with E-state index in [0.717, 1.165) is 64.0 Å². The van der Waals surface area contributed by atoms with Crippen LogP contribution in [0.4, 0.5) is 0 Å². The van der Waals surface area contributed by atoms with E-state index in [1.54, 1.807) is 0 Å². The van der Waals surface area contributed by atoms with Crippen molar-refractivity contribution in [3.05, 3.63) is 30.3 Å². The second-order valence-electron chi connectivity index (χ2n) is 5.56. The van der Waals surface area contributed by atoms with Crippen LogP contribution >= 0.6 is 11.8 Å². The number of aliphatic imine (C=N–C) groups is 1. The van der Waals surface area contributed by atoms with Crippen molar-refractivity contribution in [2.45, 2.75) is 30.8 Å². The molecule has 0 spiro atoms. The van der Waals surface area contributed by atoms with E-state index in [0.29, 0.717) is 0 Å². The van der Waals surface area contributed by atoms with Crippen molar-refractivity contribution in [1.29, 1.82) is 0 Å². The molecule has 0 aliphatic carbocycles. The Labute approximate surface area is 149 Å². The Kier molecular flexibility index (Phi) is 9.68. The molecule has 2 rings (SSSR count). The van der Waals surface area contributed by atoms with Gasteiger partial charge in [-0.05, 0) is 31.9 Å². The molecule has 1 fully saturated rings. The average molecular weight is 352 g/mol. The minimum Gasteiger partial charge on any atom is -0.379 e. The summed E-state index contributed by atoms with van der Waals surface area (Å²) in [6.45, 7) is 6.94. The Balaban J connectivity index is 1.57. The zero-order valence-corrected chi connectivity index (χ0v) is 15.3. The van der Waals surface area contributed by atoms with Crippen molar-refractivity contribution in [3.63, 3.8) is 0 Å². The monoisotopic (exact) mass is 351 g/mol. The van der Waals surface area contributed by atoms with Gasteiger partial charge in [-0.25, -0.2) is 0 Å². The maximum absolute atomic E-state index is 5.75. The van der Waals surface area contributed by atoms with E-state index in [1.807, 2.05) is 17.8 Å². The second kappa shape index (κ2) is 12.2. The molecular formula is C18H29N3O2S. The molecule has 24 heavy (non-hydrogen) atoms. The first-order chi connectivity index (χ1) is 11.9. The van der Waals surface area contributed by atoms with Crippen molar-refractivity contribution in [2.75, 3.05) is 45.2 Å². The summed E-state index contributed by atoms with van der Waals surface area (Å²) in [7, 11) is 0. The number of benzene rings is 1. The van der Waals surface area contributed by atoms with Gasteiger partial charge < -0.3 is 20.1 Å². The molecule has 0 radical (unpaired) electrons. The summed E-state index contributed by atoms with van der Waals surface area (Å²) in [6, 6.07) is 10.5. The molecule has 1 aliphatic heterocycles. The van der Waals surface area contributed by atoms with Crippen LogP contribution in [0.15, 0.2) is 40.2 Å². The molecule has 1 saturated heterocycles. The van der Waals surface area contributed by atoms with Gasteiger partial charge in [-0.1, -0.05) is 18.2 Å². The van der Waals surface area contributed by atoms with Gasteiger partial charge in [-0.3, -0.25) is 4.99 Å². The Hall–Kier alpha value is -1.24. The normalized spacial score (nSPS) is 17.9. The minimum absolute atomic E-state index is 0.287. The van der Waals surface area contributed by atoms with Gasteiger partial charge in [0.05, 0.1) is 12.7 Å². The third-order valence-corrected chi connectivity index (χ3v) is 4.58. The fourth-order valence-electron chi connectivity index (χ4n) is 2.35. The highest BCUT2D eigenvalue weighted by Crippen LogP contribution is 2.15. The van der Waals surface area contributed by atoms with E-state index in [2.05, 4.69) is 46.8 Å². The first-order valence-corrected chi connectivity index (χ1v) is 9.76. The van der Waals surface area contributed by atoms with Crippen LogP contribution in [-0.2, 0) is 9.47 Å². The Morgan fingerprint density at radius 1 is 1.33 bits per heavy atom. The summed E-state index contributed by atoms with van der Waals surface area (Å²) in [5.74, 6) is 1.90. The van der Waals surface area contributed by atoms with Crippen LogP contribution in [0.2, 0.25) is 0 Å². The number of nitrogens with zero attached hydrogens (tertiary/aromatic N) is 1. The van der Waals surface area contributed by atoms with Gasteiger partial charge in [0, 0.05) is 43.5 Å². The smallest absolute Gasteiger partial charge is 0.191 e. The van der Waals surface area contributed by atoms with Crippen LogP contribution in [0, 0.1) is 0 Å². The third kappa shape index (κ3) is 8.04. The lowest BCUT2D eigenvalue weighted by molar-refractivity contribution is 0.0424. The minimum atomic E-state index is 0.287. The predicted molar refractivity (Wildman–Crippen MR) is 101 cm³/mol. The first-order valence-electron chi connectivity index (χ1n) is 8.78. The fraction of sp³-hybridized carbons (Fsp3) is 0.611. The second-order valence-corrected chi connectivity index (χ2v) is 6.73. The zero-order chi connectivity index (χ0) is 16.9. The maximum Gasteiger partial charge on any atom is 0.191 e. The molecule has 0 saturated carbocycles. The Morgan fingerprint density at radius 3 is 2.96 bits per heavy atom. The lowest BCUT2D eigenvalue weighted by Gasteiger charge is -2.12. The number of hydrogen-bond acceptors (Lipinski definition) is 4.